The van der Waals surface area contributed by atoms with Gasteiger partial charge in [0.2, 0.25) is 5.91 Å². The molecule has 0 spiro atoms. The highest BCUT2D eigenvalue weighted by atomic mass is 16.5. The first kappa shape index (κ1) is 19.4. The van der Waals surface area contributed by atoms with Gasteiger partial charge in [-0.1, -0.05) is 0 Å². The topological polar surface area (TPSA) is 91.7 Å². The van der Waals surface area contributed by atoms with E-state index in [0.717, 1.165) is 58.8 Å². The first-order chi connectivity index (χ1) is 13.7. The second-order valence-corrected chi connectivity index (χ2v) is 7.85. The van der Waals surface area contributed by atoms with Gasteiger partial charge in [0, 0.05) is 51.9 Å². The number of hydrogen-bond donors (Lipinski definition) is 2. The summed E-state index contributed by atoms with van der Waals surface area (Å²) in [7, 11) is 0. The fourth-order valence-electron chi connectivity index (χ4n) is 4.15. The molecule has 1 aromatic rings. The van der Waals surface area contributed by atoms with E-state index in [1.165, 1.54) is 0 Å². The second kappa shape index (κ2) is 9.02. The van der Waals surface area contributed by atoms with Crippen LogP contribution >= 0.6 is 0 Å². The molecule has 3 fully saturated rings. The zero-order chi connectivity index (χ0) is 19.3. The van der Waals surface area contributed by atoms with E-state index in [0.29, 0.717) is 31.2 Å². The average Bonchev–Trinajstić information content (AvgIpc) is 3.35. The van der Waals surface area contributed by atoms with Crippen LogP contribution in [0.3, 0.4) is 0 Å². The molecule has 28 heavy (non-hydrogen) atoms. The normalized spacial score (nSPS) is 26.6. The fourth-order valence-corrected chi connectivity index (χ4v) is 4.15. The zero-order valence-corrected chi connectivity index (χ0v) is 16.3. The van der Waals surface area contributed by atoms with Gasteiger partial charge in [-0.2, -0.15) is 5.10 Å². The third kappa shape index (κ3) is 4.71. The van der Waals surface area contributed by atoms with Crippen molar-refractivity contribution in [2.75, 3.05) is 59.0 Å². The van der Waals surface area contributed by atoms with Gasteiger partial charge in [0.15, 0.2) is 0 Å². The number of amides is 2. The molecule has 0 aromatic carbocycles. The number of carbonyl (C=O) groups is 2. The highest BCUT2D eigenvalue weighted by molar-refractivity contribution is 5.93. The van der Waals surface area contributed by atoms with Gasteiger partial charge < -0.3 is 20.3 Å². The molecule has 0 bridgehead atoms. The first-order valence-electron chi connectivity index (χ1n) is 10.3. The molecule has 2 N–H and O–H groups in total. The minimum Gasteiger partial charge on any atom is -0.379 e. The van der Waals surface area contributed by atoms with Crippen LogP contribution in [-0.2, 0) is 9.53 Å². The number of rotatable bonds is 6. The molecule has 154 valence electrons. The van der Waals surface area contributed by atoms with Gasteiger partial charge in [0.05, 0.1) is 25.3 Å². The van der Waals surface area contributed by atoms with Gasteiger partial charge in [-0.15, -0.1) is 0 Å². The van der Waals surface area contributed by atoms with Crippen LogP contribution in [0.2, 0.25) is 0 Å². The largest absolute Gasteiger partial charge is 0.379 e. The van der Waals surface area contributed by atoms with Gasteiger partial charge in [0.1, 0.15) is 5.69 Å². The Morgan fingerprint density at radius 1 is 1.32 bits per heavy atom. The van der Waals surface area contributed by atoms with Crippen molar-refractivity contribution in [2.24, 2.45) is 0 Å². The monoisotopic (exact) mass is 390 g/mol. The van der Waals surface area contributed by atoms with E-state index in [9.17, 15) is 9.59 Å². The zero-order valence-electron chi connectivity index (χ0n) is 16.3. The summed E-state index contributed by atoms with van der Waals surface area (Å²) < 4.78 is 7.24. The molecule has 2 amide bonds. The number of hydrogen-bond acceptors (Lipinski definition) is 6. The van der Waals surface area contributed by atoms with Crippen molar-refractivity contribution in [3.05, 3.63) is 18.0 Å². The Morgan fingerprint density at radius 3 is 2.96 bits per heavy atom. The van der Waals surface area contributed by atoms with Gasteiger partial charge in [-0.3, -0.25) is 19.2 Å². The molecule has 3 aliphatic heterocycles. The molecule has 0 radical (unpaired) electrons. The van der Waals surface area contributed by atoms with E-state index >= 15 is 0 Å². The number of nitrogens with one attached hydrogen (secondary N) is 2. The molecular weight excluding hydrogens is 360 g/mol. The van der Waals surface area contributed by atoms with E-state index in [2.05, 4.69) is 20.6 Å². The van der Waals surface area contributed by atoms with Crippen LogP contribution in [0, 0.1) is 0 Å². The summed E-state index contributed by atoms with van der Waals surface area (Å²) in [6.45, 7) is 7.42. The minimum absolute atomic E-state index is 0.109. The Morgan fingerprint density at radius 2 is 2.18 bits per heavy atom. The summed E-state index contributed by atoms with van der Waals surface area (Å²) in [5.74, 6) is -0.0901. The van der Waals surface area contributed by atoms with E-state index in [1.54, 1.807) is 6.07 Å². The van der Waals surface area contributed by atoms with Crippen molar-refractivity contribution in [1.82, 2.24) is 30.2 Å². The summed E-state index contributed by atoms with van der Waals surface area (Å²) in [6.07, 6.45) is 4.44. The Bertz CT molecular complexity index is 681. The highest BCUT2D eigenvalue weighted by Gasteiger charge is 2.31. The second-order valence-electron chi connectivity index (χ2n) is 7.85. The molecule has 2 atom stereocenters. The van der Waals surface area contributed by atoms with Gasteiger partial charge >= 0.3 is 0 Å². The van der Waals surface area contributed by atoms with E-state index in [1.807, 2.05) is 15.8 Å². The Hall–Kier alpha value is -1.97. The molecule has 1 aromatic heterocycles. The van der Waals surface area contributed by atoms with E-state index < -0.39 is 0 Å². The van der Waals surface area contributed by atoms with Crippen molar-refractivity contribution in [3.8, 4) is 0 Å². The van der Waals surface area contributed by atoms with Crippen LogP contribution < -0.4 is 10.6 Å². The number of piperidine rings is 1. The van der Waals surface area contributed by atoms with Gasteiger partial charge in [0.25, 0.3) is 5.91 Å². The third-order valence-corrected chi connectivity index (χ3v) is 5.83. The summed E-state index contributed by atoms with van der Waals surface area (Å²) in [5.41, 5.74) is 0.421. The van der Waals surface area contributed by atoms with Crippen LogP contribution in [0.5, 0.6) is 0 Å². The SMILES string of the molecule is O=C(NC1CC(=O)N(CCN2CCOCC2)C1)c1ccn(C2CCCNC2)n1. The number of nitrogens with zero attached hydrogens (tertiary/aromatic N) is 4. The average molecular weight is 390 g/mol. The van der Waals surface area contributed by atoms with Crippen LogP contribution in [0.4, 0.5) is 0 Å². The number of aromatic nitrogens is 2. The summed E-state index contributed by atoms with van der Waals surface area (Å²) in [4.78, 5) is 29.0. The number of likely N-dealkylation sites (tertiary alicyclic amines) is 1. The molecule has 0 aliphatic carbocycles. The molecule has 3 aliphatic rings. The maximum Gasteiger partial charge on any atom is 0.272 e. The summed E-state index contributed by atoms with van der Waals surface area (Å²) in [5, 5.41) is 10.8. The van der Waals surface area contributed by atoms with Crippen LogP contribution in [0.1, 0.15) is 35.8 Å². The Kier molecular flexibility index (Phi) is 6.23. The van der Waals surface area contributed by atoms with Gasteiger partial charge in [-0.05, 0) is 25.5 Å². The summed E-state index contributed by atoms with van der Waals surface area (Å²) >= 11 is 0. The maximum absolute atomic E-state index is 12.6. The van der Waals surface area contributed by atoms with Crippen molar-refractivity contribution < 1.29 is 14.3 Å². The lowest BCUT2D eigenvalue weighted by Gasteiger charge is -2.28. The lowest BCUT2D eigenvalue weighted by molar-refractivity contribution is -0.128. The molecule has 0 saturated carbocycles. The highest BCUT2D eigenvalue weighted by Crippen LogP contribution is 2.16. The van der Waals surface area contributed by atoms with Crippen LogP contribution in [-0.4, -0.2) is 96.5 Å². The van der Waals surface area contributed by atoms with Crippen LogP contribution in [0.15, 0.2) is 12.3 Å². The smallest absolute Gasteiger partial charge is 0.272 e. The Labute approximate surface area is 165 Å². The lowest BCUT2D eigenvalue weighted by atomic mass is 10.1. The van der Waals surface area contributed by atoms with Crippen molar-refractivity contribution in [2.45, 2.75) is 31.3 Å². The predicted molar refractivity (Wildman–Crippen MR) is 103 cm³/mol. The van der Waals surface area contributed by atoms with Gasteiger partial charge in [-0.25, -0.2) is 0 Å². The number of morpholine rings is 1. The molecule has 3 saturated heterocycles. The summed E-state index contributed by atoms with van der Waals surface area (Å²) in [6, 6.07) is 1.92. The van der Waals surface area contributed by atoms with E-state index in [4.69, 9.17) is 4.74 Å². The maximum atomic E-state index is 12.6. The van der Waals surface area contributed by atoms with Crippen molar-refractivity contribution in [1.29, 1.82) is 0 Å². The molecule has 9 nitrogen and oxygen atoms in total. The first-order valence-corrected chi connectivity index (χ1v) is 10.3. The quantitative estimate of drug-likeness (QED) is 0.679. The third-order valence-electron chi connectivity index (χ3n) is 5.83. The van der Waals surface area contributed by atoms with E-state index in [-0.39, 0.29) is 17.9 Å². The molecular formula is C19H30N6O3. The molecule has 4 rings (SSSR count). The molecule has 4 heterocycles. The van der Waals surface area contributed by atoms with Crippen molar-refractivity contribution >= 4 is 11.8 Å². The number of ether oxygens (including phenoxy) is 1. The minimum atomic E-state index is -0.199. The lowest BCUT2D eigenvalue weighted by Crippen LogP contribution is -2.43. The molecule has 9 heteroatoms. The Balaban J connectivity index is 1.25. The molecule has 2 unspecified atom stereocenters. The standard InChI is InChI=1S/C19H30N6O3/c26-18-12-15(14-24(18)7-6-23-8-10-28-11-9-23)21-19(27)17-3-5-25(22-17)16-2-1-4-20-13-16/h3,5,15-16,20H,1-2,4,6-14H2,(H,21,27). The number of carbonyl (C=O) groups excluding carboxylic acids is 2. The van der Waals surface area contributed by atoms with Crippen LogP contribution in [0.25, 0.3) is 0 Å². The fraction of sp³-hybridized carbons (Fsp3) is 0.737. The predicted octanol–water partition coefficient (Wildman–Crippen LogP) is -0.529. The van der Waals surface area contributed by atoms with Crippen molar-refractivity contribution in [3.63, 3.8) is 0 Å².